The second-order valence-corrected chi connectivity index (χ2v) is 23.8. The van der Waals surface area contributed by atoms with Crippen LogP contribution in [0.15, 0.2) is 79.1 Å². The molecular weight excluding hydrogens is 1170 g/mol. The number of nitrogens with zero attached hydrogens (tertiary/aromatic N) is 7. The number of ether oxygens (including phenoxy) is 5. The number of anilines is 1. The maximum Gasteiger partial charge on any atom is 0.410 e. The van der Waals surface area contributed by atoms with E-state index in [1.165, 1.54) is 50.7 Å². The first-order chi connectivity index (χ1) is 42.7. The molecule has 6 amide bonds. The molecule has 0 aliphatic carbocycles. The van der Waals surface area contributed by atoms with E-state index in [1.54, 1.807) is 89.9 Å². The van der Waals surface area contributed by atoms with Crippen LogP contribution in [0.25, 0.3) is 11.4 Å². The molecule has 0 unspecified atom stereocenters. The third-order valence-electron chi connectivity index (χ3n) is 16.8. The van der Waals surface area contributed by atoms with E-state index in [-0.39, 0.29) is 53.4 Å². The number of hydrogen-bond acceptors (Lipinski definition) is 20. The van der Waals surface area contributed by atoms with E-state index in [2.05, 4.69) is 36.3 Å². The molecule has 0 saturated carbocycles. The first-order valence-electron chi connectivity index (χ1n) is 30.2. The number of aliphatic hydroxyl groups is 4. The van der Waals surface area contributed by atoms with Gasteiger partial charge < -0.3 is 75.0 Å². The van der Waals surface area contributed by atoms with E-state index in [1.807, 2.05) is 32.0 Å². The minimum Gasteiger partial charge on any atom is -0.479 e. The summed E-state index contributed by atoms with van der Waals surface area (Å²) in [5.41, 5.74) is 2.03. The van der Waals surface area contributed by atoms with Crippen LogP contribution in [0.1, 0.15) is 104 Å². The maximum absolute atomic E-state index is 14.9. The SMILES string of the molecule is CC[C@H](C)[C@@H]([C@@H](CC(=O)N1CCC[C@H]1[C@H](OC)[C@@H](C)C(=O)N[C@H](C)[C@@H](O)c1ccccc1)OC)N(C)C(=O)[C@@H](NC(=O)[C@H](C(C)C)N(C)C(=O)OCc1ccc(O[C@@H]2O[C@H](C(=O)O)[C@@H](O)[C@H](O)[C@H]2O)c(NC(=O)Cc2ccc(-c3nncnn3)cc2)c1)C(C)C. The normalized spacial score (nSPS) is 21.3. The number of carboxylic acid groups (broad SMARTS) is 1. The first kappa shape index (κ1) is 71.3. The summed E-state index contributed by atoms with van der Waals surface area (Å²) in [4.78, 5) is 101. The van der Waals surface area contributed by atoms with E-state index >= 15 is 0 Å². The van der Waals surface area contributed by atoms with Crippen LogP contribution in [0.5, 0.6) is 5.75 Å². The van der Waals surface area contributed by atoms with Crippen LogP contribution < -0.4 is 20.7 Å². The molecule has 0 spiro atoms. The van der Waals surface area contributed by atoms with Gasteiger partial charge in [-0.3, -0.25) is 28.9 Å². The number of aliphatic carboxylic acids is 1. The summed E-state index contributed by atoms with van der Waals surface area (Å²) >= 11 is 0. The first-order valence-corrected chi connectivity index (χ1v) is 30.2. The number of nitrogens with one attached hydrogen (secondary N) is 3. The predicted octanol–water partition coefficient (Wildman–Crippen LogP) is 3.28. The minimum absolute atomic E-state index is 0.0546. The van der Waals surface area contributed by atoms with E-state index < -0.39 is 133 Å². The van der Waals surface area contributed by atoms with Crippen LogP contribution in [0.3, 0.4) is 0 Å². The van der Waals surface area contributed by atoms with Crippen LogP contribution in [-0.2, 0) is 60.7 Å². The second kappa shape index (κ2) is 32.8. The molecule has 15 atom stereocenters. The number of carboxylic acids is 1. The van der Waals surface area contributed by atoms with Crippen molar-refractivity contribution in [1.82, 2.24) is 45.7 Å². The maximum atomic E-state index is 14.9. The number of carbonyl (C=O) groups is 7. The lowest BCUT2D eigenvalue weighted by atomic mass is 9.89. The van der Waals surface area contributed by atoms with Gasteiger partial charge in [0.15, 0.2) is 12.4 Å². The van der Waals surface area contributed by atoms with Crippen LogP contribution in [0.2, 0.25) is 0 Å². The van der Waals surface area contributed by atoms with Crippen LogP contribution in [0, 0.1) is 23.7 Å². The Morgan fingerprint density at radius 2 is 1.44 bits per heavy atom. The standard InChI is InChI=1S/C63H88N10O17/c1-13-35(6)50(45(86-11)30-47(75)73-27-17-20-43(73)55(87-12)36(7)58(80)66-37(8)51(76)40-18-15-14-16-19-40)71(9)60(82)48(33(2)3)68-59(81)49(34(4)5)72(10)63(85)88-31-39-23-26-44(89-62-54(79)52(77)53(78)56(90-62)61(83)84)42(28-39)67-46(74)29-38-21-24-41(25-22-38)57-69-64-32-65-70-57/h14-16,18-19,21-26,28,32-37,43,45,48-56,62,76-79H,13,17,20,27,29-31H2,1-12H3,(H,66,80)(H,67,74)(H,68,81)(H,83,84)/t35-,36+,37+,43-,45+,48-,49-,50-,51+,52-,53-,54+,55+,56-,62+/m0/s1. The highest BCUT2D eigenvalue weighted by atomic mass is 16.7. The molecule has 90 heavy (non-hydrogen) atoms. The third kappa shape index (κ3) is 17.8. The Morgan fingerprint density at radius 3 is 2.04 bits per heavy atom. The summed E-state index contributed by atoms with van der Waals surface area (Å²) < 4.78 is 29.0. The summed E-state index contributed by atoms with van der Waals surface area (Å²) in [6.45, 7) is 14.3. The van der Waals surface area contributed by atoms with Gasteiger partial charge in [0.25, 0.3) is 0 Å². The number of likely N-dealkylation sites (tertiary alicyclic amines) is 1. The molecule has 27 heteroatoms. The van der Waals surface area contributed by atoms with Crippen molar-refractivity contribution in [1.29, 1.82) is 0 Å². The van der Waals surface area contributed by atoms with Gasteiger partial charge in [0.1, 0.15) is 42.8 Å². The van der Waals surface area contributed by atoms with Gasteiger partial charge in [-0.2, -0.15) is 0 Å². The molecule has 3 aromatic carbocycles. The smallest absolute Gasteiger partial charge is 0.410 e. The average Bonchev–Trinajstić information content (AvgIpc) is 1.52. The highest BCUT2D eigenvalue weighted by Crippen LogP contribution is 2.34. The number of hydrogen-bond donors (Lipinski definition) is 8. The van der Waals surface area contributed by atoms with Crippen molar-refractivity contribution >= 4 is 47.3 Å². The fraction of sp³-hybridized carbons (Fsp3) is 0.571. The molecule has 2 aliphatic heterocycles. The molecule has 1 aromatic heterocycles. The van der Waals surface area contributed by atoms with E-state index in [0.717, 1.165) is 4.90 Å². The van der Waals surface area contributed by atoms with E-state index in [0.29, 0.717) is 42.5 Å². The highest BCUT2D eigenvalue weighted by molar-refractivity contribution is 5.94. The average molecular weight is 1260 g/mol. The summed E-state index contributed by atoms with van der Waals surface area (Å²) in [7, 11) is 5.97. The van der Waals surface area contributed by atoms with Crippen LogP contribution in [0.4, 0.5) is 10.5 Å². The zero-order valence-corrected chi connectivity index (χ0v) is 53.0. The number of benzene rings is 3. The zero-order chi connectivity index (χ0) is 66.3. The largest absolute Gasteiger partial charge is 0.479 e. The number of aliphatic hydroxyl groups excluding tert-OH is 4. The second-order valence-electron chi connectivity index (χ2n) is 23.8. The quantitative estimate of drug-likeness (QED) is 0.0387. The fourth-order valence-corrected chi connectivity index (χ4v) is 11.6. The molecule has 4 aromatic rings. The zero-order valence-electron chi connectivity index (χ0n) is 53.0. The summed E-state index contributed by atoms with van der Waals surface area (Å²) in [6, 6.07) is 15.8. The van der Waals surface area contributed by atoms with Gasteiger partial charge in [0, 0.05) is 40.4 Å². The number of methoxy groups -OCH3 is 2. The summed E-state index contributed by atoms with van der Waals surface area (Å²) in [5, 5.41) is 76.1. The minimum atomic E-state index is -2.00. The number of aromatic nitrogens is 4. The van der Waals surface area contributed by atoms with Crippen molar-refractivity contribution in [3.63, 3.8) is 0 Å². The number of carbonyl (C=O) groups excluding carboxylic acids is 6. The van der Waals surface area contributed by atoms with Crippen molar-refractivity contribution in [3.05, 3.63) is 95.8 Å². The van der Waals surface area contributed by atoms with E-state index in [9.17, 15) is 59.1 Å². The van der Waals surface area contributed by atoms with Gasteiger partial charge in [-0.1, -0.05) is 116 Å². The highest BCUT2D eigenvalue weighted by Gasteiger charge is 2.49. The molecular formula is C63H88N10O17. The molecule has 0 radical (unpaired) electrons. The molecule has 2 saturated heterocycles. The van der Waals surface area contributed by atoms with Gasteiger partial charge in [-0.05, 0) is 66.3 Å². The summed E-state index contributed by atoms with van der Waals surface area (Å²) in [6.07, 6.45) is -10.4. The van der Waals surface area contributed by atoms with Crippen molar-refractivity contribution < 1.29 is 82.8 Å². The van der Waals surface area contributed by atoms with Crippen molar-refractivity contribution in [3.8, 4) is 17.1 Å². The van der Waals surface area contributed by atoms with Gasteiger partial charge in [-0.15, -0.1) is 20.4 Å². The Balaban J connectivity index is 1.13. The Bertz CT molecular complexity index is 3040. The predicted molar refractivity (Wildman–Crippen MR) is 325 cm³/mol. The topological polar surface area (TPSA) is 364 Å². The third-order valence-corrected chi connectivity index (χ3v) is 16.8. The molecule has 2 fully saturated rings. The molecule has 27 nitrogen and oxygen atoms in total. The number of likely N-dealkylation sites (N-methyl/N-ethyl adjacent to an activating group) is 2. The molecule has 6 rings (SSSR count). The Kier molecular flexibility index (Phi) is 26.0. The lowest BCUT2D eigenvalue weighted by Crippen LogP contribution is -2.61. The van der Waals surface area contributed by atoms with Crippen molar-refractivity contribution in [2.45, 2.75) is 173 Å². The van der Waals surface area contributed by atoms with Crippen molar-refractivity contribution in [2.75, 3.05) is 40.2 Å². The van der Waals surface area contributed by atoms with Crippen LogP contribution >= 0.6 is 0 Å². The Morgan fingerprint density at radius 1 is 0.789 bits per heavy atom. The lowest BCUT2D eigenvalue weighted by molar-refractivity contribution is -0.271. The Labute approximate surface area is 524 Å². The monoisotopic (exact) mass is 1260 g/mol. The molecule has 492 valence electrons. The molecule has 8 N–H and O–H groups in total. The van der Waals surface area contributed by atoms with Crippen LogP contribution in [-0.4, -0.2) is 210 Å². The molecule has 0 bridgehead atoms. The van der Waals surface area contributed by atoms with Gasteiger partial charge in [0.05, 0.1) is 60.9 Å². The summed E-state index contributed by atoms with van der Waals surface area (Å²) in [5.74, 6) is -5.72. The molecule has 2 aliphatic rings. The Hall–Kier alpha value is -7.79. The number of rotatable bonds is 29. The van der Waals surface area contributed by atoms with E-state index in [4.69, 9.17) is 23.7 Å². The fourth-order valence-electron chi connectivity index (χ4n) is 11.6. The lowest BCUT2D eigenvalue weighted by Gasteiger charge is -2.41. The van der Waals surface area contributed by atoms with Gasteiger partial charge >= 0.3 is 12.1 Å². The molecule has 3 heterocycles. The van der Waals surface area contributed by atoms with Gasteiger partial charge in [0.2, 0.25) is 41.7 Å². The van der Waals surface area contributed by atoms with Gasteiger partial charge in [-0.25, -0.2) is 9.59 Å². The number of amides is 6. The van der Waals surface area contributed by atoms with Crippen molar-refractivity contribution in [2.24, 2.45) is 23.7 Å².